The monoisotopic (exact) mass is 546 g/mol. The van der Waals surface area contributed by atoms with Crippen LogP contribution in [0.15, 0.2) is 48.5 Å². The lowest BCUT2D eigenvalue weighted by Gasteiger charge is -2.21. The molecule has 1 aliphatic rings. The Morgan fingerprint density at radius 3 is 2.66 bits per heavy atom. The second-order valence-electron chi connectivity index (χ2n) is 9.96. The van der Waals surface area contributed by atoms with Crippen molar-refractivity contribution in [2.75, 3.05) is 6.54 Å². The number of carbonyl (C=O) groups excluding carboxylic acids is 1. The van der Waals surface area contributed by atoms with Gasteiger partial charge in [0.2, 0.25) is 0 Å². The number of nitrogens with zero attached hydrogens (tertiary/aromatic N) is 2. The normalized spacial score (nSPS) is 13.9. The van der Waals surface area contributed by atoms with Gasteiger partial charge in [-0.05, 0) is 69.0 Å². The van der Waals surface area contributed by atoms with Crippen molar-refractivity contribution in [1.29, 1.82) is 0 Å². The van der Waals surface area contributed by atoms with E-state index >= 15 is 0 Å². The Labute approximate surface area is 233 Å². The van der Waals surface area contributed by atoms with Crippen molar-refractivity contribution >= 4 is 52.8 Å². The van der Waals surface area contributed by atoms with Crippen LogP contribution in [0.2, 0.25) is 16.4 Å². The number of halogens is 3. The van der Waals surface area contributed by atoms with E-state index in [1.165, 1.54) is 6.07 Å². The molecule has 38 heavy (non-hydrogen) atoms. The Balaban J connectivity index is 1.44. The van der Waals surface area contributed by atoms with Gasteiger partial charge in [0, 0.05) is 34.7 Å². The van der Waals surface area contributed by atoms with Gasteiger partial charge >= 0.3 is 0 Å². The molecule has 1 unspecified atom stereocenters. The van der Waals surface area contributed by atoms with Crippen LogP contribution in [0.4, 0.5) is 4.39 Å². The zero-order chi connectivity index (χ0) is 27.0. The molecule has 1 radical (unpaired) electrons. The summed E-state index contributed by atoms with van der Waals surface area (Å²) in [5.41, 5.74) is 6.27. The van der Waals surface area contributed by atoms with Crippen molar-refractivity contribution in [2.45, 2.75) is 45.9 Å². The summed E-state index contributed by atoms with van der Waals surface area (Å²) in [4.78, 5) is 22.7. The fourth-order valence-corrected chi connectivity index (χ4v) is 5.33. The average molecular weight is 547 g/mol. The highest BCUT2D eigenvalue weighted by Crippen LogP contribution is 2.42. The number of amides is 1. The summed E-state index contributed by atoms with van der Waals surface area (Å²) in [5, 5.41) is 4.59. The molecule has 4 nitrogen and oxygen atoms in total. The highest BCUT2D eigenvalue weighted by atomic mass is 35.5. The largest absolute Gasteiger partial charge is 0.351 e. The highest BCUT2D eigenvalue weighted by molar-refractivity contribution is 6.56. The first-order valence-corrected chi connectivity index (χ1v) is 13.7. The lowest BCUT2D eigenvalue weighted by Crippen LogP contribution is -2.30. The van der Waals surface area contributed by atoms with Crippen molar-refractivity contribution in [3.8, 4) is 11.3 Å². The number of aryl methyl sites for hydroxylation is 2. The highest BCUT2D eigenvalue weighted by Gasteiger charge is 2.34. The number of nitrogens with one attached hydrogen (secondary N) is 1. The molecule has 2 aromatic heterocycles. The van der Waals surface area contributed by atoms with Gasteiger partial charge in [0.25, 0.3) is 5.91 Å². The molecule has 1 aliphatic carbocycles. The molecule has 1 N–H and O–H groups in total. The molecule has 2 heterocycles. The SMILES string of the molecule is CC[B]c1c(C)cc(C(CNC(=O)c2ccc3nc(C)c(Cl)cc3c2)C2CC2)nc1-c1cccc(F)c1Cl. The molecule has 0 saturated heterocycles. The summed E-state index contributed by atoms with van der Waals surface area (Å²) < 4.78 is 14.4. The number of rotatable bonds is 8. The first kappa shape index (κ1) is 26.6. The van der Waals surface area contributed by atoms with E-state index in [9.17, 15) is 9.18 Å². The standard InChI is InChI=1S/C30H28BCl2FN3O/c1-4-31-27-16(2)12-26(37-29(27)21-6-5-7-24(34)28(21)33)22(18-8-9-18)15-35-30(38)19-10-11-25-20(13-19)14-23(32)17(3)36-25/h5-7,10-14,18,22H,4,8-9,15H2,1-3H3,(H,35,38). The fourth-order valence-electron chi connectivity index (χ4n) is 4.96. The summed E-state index contributed by atoms with van der Waals surface area (Å²) in [6.45, 7) is 6.41. The van der Waals surface area contributed by atoms with Gasteiger partial charge in [-0.1, -0.05) is 59.6 Å². The number of fused-ring (bicyclic) bond motifs is 1. The topological polar surface area (TPSA) is 54.9 Å². The first-order chi connectivity index (χ1) is 18.3. The van der Waals surface area contributed by atoms with E-state index < -0.39 is 5.82 Å². The molecule has 2 aromatic carbocycles. The van der Waals surface area contributed by atoms with Crippen molar-refractivity contribution in [1.82, 2.24) is 15.3 Å². The average Bonchev–Trinajstić information content (AvgIpc) is 3.73. The predicted octanol–water partition coefficient (Wildman–Crippen LogP) is 7.05. The number of hydrogen-bond donors (Lipinski definition) is 1. The third-order valence-electron chi connectivity index (χ3n) is 7.16. The number of carbonyl (C=O) groups is 1. The lowest BCUT2D eigenvalue weighted by molar-refractivity contribution is 0.0950. The minimum absolute atomic E-state index is 0.0404. The van der Waals surface area contributed by atoms with Gasteiger partial charge in [0.15, 0.2) is 7.28 Å². The van der Waals surface area contributed by atoms with E-state index in [-0.39, 0.29) is 16.8 Å². The van der Waals surface area contributed by atoms with Crippen LogP contribution < -0.4 is 10.8 Å². The zero-order valence-corrected chi connectivity index (χ0v) is 23.1. The van der Waals surface area contributed by atoms with Crippen LogP contribution in [0.5, 0.6) is 0 Å². The van der Waals surface area contributed by atoms with E-state index in [2.05, 4.69) is 30.6 Å². The molecule has 1 atom stereocenters. The number of hydrogen-bond acceptors (Lipinski definition) is 3. The van der Waals surface area contributed by atoms with Crippen LogP contribution in [0.25, 0.3) is 22.2 Å². The van der Waals surface area contributed by atoms with Crippen LogP contribution in [-0.2, 0) is 0 Å². The molecule has 8 heteroatoms. The van der Waals surface area contributed by atoms with Gasteiger partial charge in [-0.15, -0.1) is 0 Å². The van der Waals surface area contributed by atoms with Crippen LogP contribution in [-0.4, -0.2) is 29.7 Å². The van der Waals surface area contributed by atoms with Gasteiger partial charge in [0.1, 0.15) is 5.82 Å². The molecule has 5 rings (SSSR count). The molecular formula is C30H28BCl2FN3O. The van der Waals surface area contributed by atoms with Gasteiger partial charge in [0.05, 0.1) is 26.9 Å². The minimum Gasteiger partial charge on any atom is -0.351 e. The maximum absolute atomic E-state index is 14.4. The Bertz CT molecular complexity index is 1540. The van der Waals surface area contributed by atoms with E-state index in [1.54, 1.807) is 18.2 Å². The fraction of sp³-hybridized carbons (Fsp3) is 0.300. The van der Waals surface area contributed by atoms with Gasteiger partial charge in [-0.25, -0.2) is 4.39 Å². The molecule has 0 aliphatic heterocycles. The second kappa shape index (κ2) is 11.0. The number of aromatic nitrogens is 2. The zero-order valence-electron chi connectivity index (χ0n) is 21.6. The van der Waals surface area contributed by atoms with Crippen molar-refractivity contribution in [3.05, 3.63) is 86.9 Å². The Kier molecular flexibility index (Phi) is 7.74. The maximum atomic E-state index is 14.4. The first-order valence-electron chi connectivity index (χ1n) is 12.9. The van der Waals surface area contributed by atoms with Crippen molar-refractivity contribution in [2.24, 2.45) is 5.92 Å². The van der Waals surface area contributed by atoms with Crippen LogP contribution in [0.1, 0.15) is 53.0 Å². The Hall–Kier alpha value is -2.96. The number of benzene rings is 2. The van der Waals surface area contributed by atoms with Gasteiger partial charge in [-0.3, -0.25) is 14.8 Å². The molecule has 0 bridgehead atoms. The van der Waals surface area contributed by atoms with E-state index in [4.69, 9.17) is 28.2 Å². The van der Waals surface area contributed by atoms with Crippen molar-refractivity contribution in [3.63, 3.8) is 0 Å². The quantitative estimate of drug-likeness (QED) is 0.241. The molecule has 1 amide bonds. The van der Waals surface area contributed by atoms with Crippen LogP contribution in [0, 0.1) is 25.6 Å². The predicted molar refractivity (Wildman–Crippen MR) is 155 cm³/mol. The van der Waals surface area contributed by atoms with Crippen LogP contribution >= 0.6 is 23.2 Å². The van der Waals surface area contributed by atoms with Crippen LogP contribution in [0.3, 0.4) is 0 Å². The summed E-state index contributed by atoms with van der Waals surface area (Å²) in [6, 6.07) is 14.2. The molecule has 1 fully saturated rings. The third kappa shape index (κ3) is 5.43. The summed E-state index contributed by atoms with van der Waals surface area (Å²) in [5.74, 6) is -0.153. The Morgan fingerprint density at radius 1 is 1.13 bits per heavy atom. The summed E-state index contributed by atoms with van der Waals surface area (Å²) >= 11 is 12.6. The summed E-state index contributed by atoms with van der Waals surface area (Å²) in [6.07, 6.45) is 2.98. The minimum atomic E-state index is -0.468. The summed E-state index contributed by atoms with van der Waals surface area (Å²) in [7, 11) is 2.10. The van der Waals surface area contributed by atoms with Crippen molar-refractivity contribution < 1.29 is 9.18 Å². The lowest BCUT2D eigenvalue weighted by atomic mass is 9.64. The number of pyridine rings is 2. The van der Waals surface area contributed by atoms with E-state index in [1.807, 2.05) is 32.0 Å². The maximum Gasteiger partial charge on any atom is 0.251 e. The molecular weight excluding hydrogens is 519 g/mol. The van der Waals surface area contributed by atoms with Gasteiger partial charge in [-0.2, -0.15) is 0 Å². The molecule has 193 valence electrons. The van der Waals surface area contributed by atoms with Gasteiger partial charge < -0.3 is 5.32 Å². The molecule has 0 spiro atoms. The Morgan fingerprint density at radius 2 is 1.92 bits per heavy atom. The van der Waals surface area contributed by atoms with E-state index in [0.29, 0.717) is 34.3 Å². The molecule has 4 aromatic rings. The third-order valence-corrected chi connectivity index (χ3v) is 7.93. The molecule has 1 saturated carbocycles. The second-order valence-corrected chi connectivity index (χ2v) is 10.7. The van der Waals surface area contributed by atoms with E-state index in [0.717, 1.165) is 52.5 Å². The smallest absolute Gasteiger partial charge is 0.251 e.